The Morgan fingerprint density at radius 2 is 1.74 bits per heavy atom. The molecule has 0 bridgehead atoms. The molecule has 2 aromatic rings. The van der Waals surface area contributed by atoms with Crippen LogP contribution in [-0.2, 0) is 28.9 Å². The molecule has 2 aromatic carbocycles. The summed E-state index contributed by atoms with van der Waals surface area (Å²) in [6, 6.07) is 11.8. The number of halogens is 3. The number of nitrogens with zero attached hydrogens (tertiary/aromatic N) is 2. The summed E-state index contributed by atoms with van der Waals surface area (Å²) in [7, 11) is 0. The second kappa shape index (κ2) is 9.59. The summed E-state index contributed by atoms with van der Waals surface area (Å²) in [4.78, 5) is 28.2. The van der Waals surface area contributed by atoms with Crippen molar-refractivity contribution >= 4 is 24.4 Å². The van der Waals surface area contributed by atoms with Gasteiger partial charge in [-0.1, -0.05) is 36.4 Å². The van der Waals surface area contributed by atoms with Crippen molar-refractivity contribution in [2.24, 2.45) is 0 Å². The molecule has 0 aliphatic carbocycles. The monoisotopic (exact) mass is 503 g/mol. The minimum absolute atomic E-state index is 0.0898. The minimum Gasteiger partial charge on any atom is -0.299 e. The highest BCUT2D eigenvalue weighted by molar-refractivity contribution is 7.80. The molecule has 0 saturated carbocycles. The summed E-state index contributed by atoms with van der Waals surface area (Å²) in [5.41, 5.74) is 3.22. The molecule has 1 N–H and O–H groups in total. The van der Waals surface area contributed by atoms with Crippen molar-refractivity contribution in [2.45, 2.75) is 62.3 Å². The van der Waals surface area contributed by atoms with Crippen LogP contribution in [0.25, 0.3) is 0 Å². The Hall–Kier alpha value is -2.36. The van der Waals surface area contributed by atoms with Crippen molar-refractivity contribution in [1.82, 2.24) is 15.1 Å². The Bertz CT molecular complexity index is 1130. The van der Waals surface area contributed by atoms with Gasteiger partial charge in [0.25, 0.3) is 0 Å². The molecule has 2 fully saturated rings. The number of rotatable bonds is 4. The third-order valence-corrected chi connectivity index (χ3v) is 8.04. The Kier molecular flexibility index (Phi) is 6.67. The van der Waals surface area contributed by atoms with Crippen LogP contribution in [0.1, 0.15) is 64.8 Å². The van der Waals surface area contributed by atoms with Crippen LogP contribution in [0.4, 0.5) is 13.2 Å². The summed E-state index contributed by atoms with van der Waals surface area (Å²) in [5.74, 6) is -0.581. The number of amides is 2. The van der Waals surface area contributed by atoms with E-state index in [1.807, 2.05) is 4.90 Å². The summed E-state index contributed by atoms with van der Waals surface area (Å²) < 4.78 is 40.3. The lowest BCUT2D eigenvalue weighted by molar-refractivity contribution is -0.139. The van der Waals surface area contributed by atoms with E-state index in [0.29, 0.717) is 37.8 Å². The van der Waals surface area contributed by atoms with Crippen molar-refractivity contribution in [3.05, 3.63) is 70.3 Å². The van der Waals surface area contributed by atoms with Crippen LogP contribution >= 0.6 is 12.6 Å². The van der Waals surface area contributed by atoms with Gasteiger partial charge in [0, 0.05) is 19.5 Å². The number of hydrogen-bond donors (Lipinski definition) is 2. The normalized spacial score (nSPS) is 24.5. The molecular formula is C26H28F3N3O2S. The van der Waals surface area contributed by atoms with Crippen molar-refractivity contribution in [3.8, 4) is 0 Å². The molecule has 2 unspecified atom stereocenters. The highest BCUT2D eigenvalue weighted by atomic mass is 32.1. The fourth-order valence-corrected chi connectivity index (χ4v) is 6.12. The molecule has 35 heavy (non-hydrogen) atoms. The first-order valence-corrected chi connectivity index (χ1v) is 12.5. The average molecular weight is 504 g/mol. The van der Waals surface area contributed by atoms with Gasteiger partial charge in [-0.25, -0.2) is 0 Å². The molecule has 2 atom stereocenters. The van der Waals surface area contributed by atoms with Crippen molar-refractivity contribution in [2.75, 3.05) is 13.1 Å². The second-order valence-electron chi connectivity index (χ2n) is 9.68. The van der Waals surface area contributed by atoms with Crippen molar-refractivity contribution < 1.29 is 22.8 Å². The third kappa shape index (κ3) is 4.99. The summed E-state index contributed by atoms with van der Waals surface area (Å²) in [6.45, 7) is 2.81. The maximum atomic E-state index is 13.4. The lowest BCUT2D eigenvalue weighted by Crippen LogP contribution is -2.51. The Balaban J connectivity index is 1.22. The van der Waals surface area contributed by atoms with E-state index >= 15 is 0 Å². The van der Waals surface area contributed by atoms with Gasteiger partial charge in [0.2, 0.25) is 11.8 Å². The quantitative estimate of drug-likeness (QED) is 0.472. The van der Waals surface area contributed by atoms with Gasteiger partial charge in [-0.2, -0.15) is 25.8 Å². The first kappa shape index (κ1) is 24.3. The number of piperidine rings is 2. The number of hydrogen-bond acceptors (Lipinski definition) is 5. The van der Waals surface area contributed by atoms with Gasteiger partial charge in [-0.05, 0) is 66.6 Å². The molecule has 0 spiro atoms. The zero-order valence-electron chi connectivity index (χ0n) is 19.2. The zero-order chi connectivity index (χ0) is 24.7. The standard InChI is InChI=1S/C26H28F3N3O2S/c27-26(28,29)21-4-2-1-3-19(21)17-9-11-31(12-10-17)14-16-5-6-18-15-32(25(35)20(18)13-16)22-7-8-23(33)30-24(22)34/h1-6,13,17,22,25,35H,7-12,14-15H2,(H,30,33,34). The van der Waals surface area contributed by atoms with E-state index < -0.39 is 11.7 Å². The van der Waals surface area contributed by atoms with Gasteiger partial charge in [0.1, 0.15) is 0 Å². The van der Waals surface area contributed by atoms with Gasteiger partial charge < -0.3 is 0 Å². The molecule has 3 aliphatic rings. The number of fused-ring (bicyclic) bond motifs is 1. The Morgan fingerprint density at radius 1 is 1.00 bits per heavy atom. The van der Waals surface area contributed by atoms with Crippen molar-refractivity contribution in [1.29, 1.82) is 0 Å². The molecule has 9 heteroatoms. The number of alkyl halides is 3. The highest BCUT2D eigenvalue weighted by Gasteiger charge is 2.39. The molecule has 3 aliphatic heterocycles. The van der Waals surface area contributed by atoms with Gasteiger partial charge >= 0.3 is 6.18 Å². The smallest absolute Gasteiger partial charge is 0.299 e. The number of carbonyl (C=O) groups excluding carboxylic acids is 2. The lowest BCUT2D eigenvalue weighted by atomic mass is 9.86. The molecule has 5 rings (SSSR count). The molecule has 2 saturated heterocycles. The largest absolute Gasteiger partial charge is 0.416 e. The number of imide groups is 1. The molecule has 5 nitrogen and oxygen atoms in total. The van der Waals surface area contributed by atoms with Crippen LogP contribution in [0.5, 0.6) is 0 Å². The maximum absolute atomic E-state index is 13.4. The van der Waals surface area contributed by atoms with Gasteiger partial charge in [-0.15, -0.1) is 0 Å². The van der Waals surface area contributed by atoms with Crippen LogP contribution < -0.4 is 5.32 Å². The van der Waals surface area contributed by atoms with Crippen LogP contribution in [-0.4, -0.2) is 40.7 Å². The van der Waals surface area contributed by atoms with Crippen LogP contribution in [0.3, 0.4) is 0 Å². The lowest BCUT2D eigenvalue weighted by Gasteiger charge is -2.33. The zero-order valence-corrected chi connectivity index (χ0v) is 20.1. The number of nitrogens with one attached hydrogen (secondary N) is 1. The molecule has 186 valence electrons. The molecule has 2 amide bonds. The molecule has 0 aromatic heterocycles. The van der Waals surface area contributed by atoms with Crippen LogP contribution in [0, 0.1) is 0 Å². The predicted octanol–water partition coefficient (Wildman–Crippen LogP) is 4.63. The topological polar surface area (TPSA) is 52.7 Å². The van der Waals surface area contributed by atoms with Crippen LogP contribution in [0.2, 0.25) is 0 Å². The number of benzene rings is 2. The SMILES string of the molecule is O=C1CCC(N2Cc3ccc(CN4CCC(c5ccccc5C(F)(F)F)CC4)cc3C2S)C(=O)N1. The fraction of sp³-hybridized carbons (Fsp3) is 0.462. The minimum atomic E-state index is -4.33. The Morgan fingerprint density at radius 3 is 2.46 bits per heavy atom. The van der Waals surface area contributed by atoms with Crippen molar-refractivity contribution in [3.63, 3.8) is 0 Å². The number of thiol groups is 1. The van der Waals surface area contributed by atoms with E-state index in [4.69, 9.17) is 12.6 Å². The van der Waals surface area contributed by atoms with E-state index in [9.17, 15) is 22.8 Å². The van der Waals surface area contributed by atoms with E-state index in [1.165, 1.54) is 12.1 Å². The predicted molar refractivity (Wildman–Crippen MR) is 129 cm³/mol. The summed E-state index contributed by atoms with van der Waals surface area (Å²) in [5, 5.41) is 2.20. The first-order valence-electron chi connectivity index (χ1n) is 12.0. The summed E-state index contributed by atoms with van der Waals surface area (Å²) >= 11 is 4.79. The van der Waals surface area contributed by atoms with Crippen LogP contribution in [0.15, 0.2) is 42.5 Å². The van der Waals surface area contributed by atoms with E-state index in [0.717, 1.165) is 36.3 Å². The molecular weight excluding hydrogens is 475 g/mol. The van der Waals surface area contributed by atoms with E-state index in [1.54, 1.807) is 12.1 Å². The summed E-state index contributed by atoms with van der Waals surface area (Å²) in [6.07, 6.45) is -2.12. The third-order valence-electron chi connectivity index (χ3n) is 7.47. The van der Waals surface area contributed by atoms with Gasteiger partial charge in [0.15, 0.2) is 0 Å². The average Bonchev–Trinajstić information content (AvgIpc) is 3.15. The molecule has 0 radical (unpaired) electrons. The van der Waals surface area contributed by atoms with Gasteiger partial charge in [-0.3, -0.25) is 24.7 Å². The Labute approximate surface area is 208 Å². The fourth-order valence-electron chi connectivity index (χ4n) is 5.64. The number of carbonyl (C=O) groups is 2. The second-order valence-corrected chi connectivity index (χ2v) is 10.2. The molecule has 3 heterocycles. The first-order chi connectivity index (χ1) is 16.7. The number of likely N-dealkylation sites (tertiary alicyclic amines) is 1. The van der Waals surface area contributed by atoms with Gasteiger partial charge in [0.05, 0.1) is 17.0 Å². The maximum Gasteiger partial charge on any atom is 0.416 e. The van der Waals surface area contributed by atoms with E-state index in [-0.39, 0.29) is 29.1 Å². The van der Waals surface area contributed by atoms with E-state index in [2.05, 4.69) is 28.4 Å². The highest BCUT2D eigenvalue weighted by Crippen LogP contribution is 2.41.